The van der Waals surface area contributed by atoms with Gasteiger partial charge in [-0.3, -0.25) is 14.4 Å². The molecule has 6 nitrogen and oxygen atoms in total. The molecule has 0 bridgehead atoms. The van der Waals surface area contributed by atoms with Crippen LogP contribution in [0, 0.1) is 0 Å². The van der Waals surface area contributed by atoms with Crippen molar-refractivity contribution in [2.45, 2.75) is 20.0 Å². The molecule has 2 amide bonds. The van der Waals surface area contributed by atoms with Crippen molar-refractivity contribution in [3.05, 3.63) is 54.1 Å². The first kappa shape index (κ1) is 16.7. The van der Waals surface area contributed by atoms with Gasteiger partial charge >= 0.3 is 0 Å². The van der Waals surface area contributed by atoms with Crippen LogP contribution in [0.2, 0.25) is 0 Å². The zero-order valence-electron chi connectivity index (χ0n) is 14.0. The van der Waals surface area contributed by atoms with Crippen LogP contribution < -0.4 is 15.0 Å². The van der Waals surface area contributed by atoms with E-state index in [9.17, 15) is 14.4 Å². The third-order valence-electron chi connectivity index (χ3n) is 3.98. The lowest BCUT2D eigenvalue weighted by Crippen LogP contribution is -2.48. The molecular weight excluding hydrogens is 320 g/mol. The number of hydrogen-bond donors (Lipinski definition) is 1. The number of nitrogens with one attached hydrogen (secondary N) is 1. The lowest BCUT2D eigenvalue weighted by Gasteiger charge is -2.33. The van der Waals surface area contributed by atoms with Crippen molar-refractivity contribution in [1.29, 1.82) is 0 Å². The van der Waals surface area contributed by atoms with E-state index in [1.54, 1.807) is 42.5 Å². The molecule has 1 heterocycles. The molecule has 1 atom stereocenters. The van der Waals surface area contributed by atoms with E-state index in [-0.39, 0.29) is 24.1 Å². The monoisotopic (exact) mass is 338 g/mol. The molecule has 0 radical (unpaired) electrons. The minimum Gasteiger partial charge on any atom is -0.476 e. The van der Waals surface area contributed by atoms with Crippen LogP contribution in [0.3, 0.4) is 0 Å². The van der Waals surface area contributed by atoms with Crippen LogP contribution in [0.15, 0.2) is 48.5 Å². The molecule has 2 aromatic rings. The Morgan fingerprint density at radius 1 is 1.08 bits per heavy atom. The van der Waals surface area contributed by atoms with Gasteiger partial charge in [0.25, 0.3) is 5.91 Å². The lowest BCUT2D eigenvalue weighted by atomic mass is 10.1. The smallest absolute Gasteiger partial charge is 0.267 e. The summed E-state index contributed by atoms with van der Waals surface area (Å²) in [4.78, 5) is 37.5. The number of ketones is 1. The molecule has 128 valence electrons. The number of anilines is 2. The number of carbonyl (C=O) groups is 3. The fourth-order valence-corrected chi connectivity index (χ4v) is 2.71. The minimum atomic E-state index is -0.834. The van der Waals surface area contributed by atoms with Crippen molar-refractivity contribution in [2.75, 3.05) is 16.8 Å². The van der Waals surface area contributed by atoms with E-state index in [1.807, 2.05) is 6.07 Å². The van der Waals surface area contributed by atoms with Gasteiger partial charge in [-0.2, -0.15) is 0 Å². The van der Waals surface area contributed by atoms with Gasteiger partial charge in [0.1, 0.15) is 5.75 Å². The molecule has 25 heavy (non-hydrogen) atoms. The largest absolute Gasteiger partial charge is 0.476 e. The van der Waals surface area contributed by atoms with Crippen LogP contribution in [-0.2, 0) is 9.59 Å². The average Bonchev–Trinajstić information content (AvgIpc) is 2.60. The molecule has 3 rings (SSSR count). The number of benzene rings is 2. The number of carbonyl (C=O) groups excluding carboxylic acids is 3. The average molecular weight is 338 g/mol. The Bertz CT molecular complexity index is 847. The standard InChI is InChI=1S/C19H18N2O4/c1-12(22)14-6-5-7-15(10-14)20-19(24)18-11-21(13(2)23)16-8-3-4-9-17(16)25-18/h3-10,18H,11H2,1-2H3,(H,20,24). The van der Waals surface area contributed by atoms with Crippen LogP contribution in [0.25, 0.3) is 0 Å². The number of nitrogens with zero attached hydrogens (tertiary/aromatic N) is 1. The van der Waals surface area contributed by atoms with Crippen LogP contribution in [0.1, 0.15) is 24.2 Å². The SMILES string of the molecule is CC(=O)c1cccc(NC(=O)C2CN(C(C)=O)c3ccccc3O2)c1. The van der Waals surface area contributed by atoms with Gasteiger partial charge in [0.2, 0.25) is 5.91 Å². The van der Waals surface area contributed by atoms with Crippen LogP contribution in [0.4, 0.5) is 11.4 Å². The number of para-hydroxylation sites is 2. The number of fused-ring (bicyclic) bond motifs is 1. The summed E-state index contributed by atoms with van der Waals surface area (Å²) in [6.45, 7) is 3.05. The Balaban J connectivity index is 1.80. The second kappa shape index (κ2) is 6.76. The summed E-state index contributed by atoms with van der Waals surface area (Å²) in [6, 6.07) is 13.8. The third kappa shape index (κ3) is 3.52. The lowest BCUT2D eigenvalue weighted by molar-refractivity contribution is -0.123. The van der Waals surface area contributed by atoms with Gasteiger partial charge < -0.3 is 15.0 Å². The first-order valence-electron chi connectivity index (χ1n) is 7.91. The van der Waals surface area contributed by atoms with E-state index in [2.05, 4.69) is 5.32 Å². The van der Waals surface area contributed by atoms with Crippen molar-refractivity contribution in [3.63, 3.8) is 0 Å². The van der Waals surface area contributed by atoms with E-state index < -0.39 is 6.10 Å². The van der Waals surface area contributed by atoms with Gasteiger partial charge in [0.05, 0.1) is 12.2 Å². The Hall–Kier alpha value is -3.15. The second-order valence-electron chi connectivity index (χ2n) is 5.83. The van der Waals surface area contributed by atoms with Gasteiger partial charge in [-0.15, -0.1) is 0 Å². The highest BCUT2D eigenvalue weighted by Gasteiger charge is 2.32. The highest BCUT2D eigenvalue weighted by Crippen LogP contribution is 2.33. The van der Waals surface area contributed by atoms with Crippen molar-refractivity contribution < 1.29 is 19.1 Å². The van der Waals surface area contributed by atoms with E-state index in [0.717, 1.165) is 0 Å². The summed E-state index contributed by atoms with van der Waals surface area (Å²) < 4.78 is 5.75. The maximum Gasteiger partial charge on any atom is 0.267 e. The molecule has 0 aromatic heterocycles. The molecule has 2 aromatic carbocycles. The van der Waals surface area contributed by atoms with Crippen molar-refractivity contribution in [2.24, 2.45) is 0 Å². The summed E-state index contributed by atoms with van der Waals surface area (Å²) in [5, 5.41) is 2.74. The summed E-state index contributed by atoms with van der Waals surface area (Å²) in [6.07, 6.45) is -0.834. The molecule has 1 aliphatic heterocycles. The minimum absolute atomic E-state index is 0.0818. The molecule has 0 spiro atoms. The first-order valence-corrected chi connectivity index (χ1v) is 7.91. The van der Waals surface area contributed by atoms with E-state index in [1.165, 1.54) is 18.7 Å². The molecule has 6 heteroatoms. The van der Waals surface area contributed by atoms with Crippen LogP contribution in [0.5, 0.6) is 5.75 Å². The Labute approximate surface area is 145 Å². The molecule has 0 aliphatic carbocycles. The summed E-state index contributed by atoms with van der Waals surface area (Å²) >= 11 is 0. The number of rotatable bonds is 3. The van der Waals surface area contributed by atoms with E-state index >= 15 is 0 Å². The molecule has 1 aliphatic rings. The maximum atomic E-state index is 12.6. The van der Waals surface area contributed by atoms with Crippen molar-refractivity contribution in [1.82, 2.24) is 0 Å². The topological polar surface area (TPSA) is 75.7 Å². The second-order valence-corrected chi connectivity index (χ2v) is 5.83. The van der Waals surface area contributed by atoms with Gasteiger partial charge in [-0.1, -0.05) is 24.3 Å². The van der Waals surface area contributed by atoms with Gasteiger partial charge in [0, 0.05) is 18.2 Å². The van der Waals surface area contributed by atoms with Gasteiger partial charge in [0.15, 0.2) is 11.9 Å². The summed E-state index contributed by atoms with van der Waals surface area (Å²) in [7, 11) is 0. The molecule has 0 saturated carbocycles. The van der Waals surface area contributed by atoms with Gasteiger partial charge in [-0.25, -0.2) is 0 Å². The molecule has 1 unspecified atom stereocenters. The zero-order valence-corrected chi connectivity index (χ0v) is 14.0. The van der Waals surface area contributed by atoms with Crippen molar-refractivity contribution in [3.8, 4) is 5.75 Å². The molecule has 0 saturated heterocycles. The molecule has 0 fully saturated rings. The molecule has 1 N–H and O–H groups in total. The first-order chi connectivity index (χ1) is 12.0. The Morgan fingerprint density at radius 3 is 2.56 bits per heavy atom. The summed E-state index contributed by atoms with van der Waals surface area (Å²) in [5.41, 5.74) is 1.67. The van der Waals surface area contributed by atoms with Crippen LogP contribution >= 0.6 is 0 Å². The number of Topliss-reactive ketones (excluding diaryl/α,β-unsaturated/α-hetero) is 1. The number of ether oxygens (including phenoxy) is 1. The Morgan fingerprint density at radius 2 is 1.84 bits per heavy atom. The van der Waals surface area contributed by atoms with E-state index in [4.69, 9.17) is 4.74 Å². The third-order valence-corrected chi connectivity index (χ3v) is 3.98. The quantitative estimate of drug-likeness (QED) is 0.873. The highest BCUT2D eigenvalue weighted by atomic mass is 16.5. The van der Waals surface area contributed by atoms with Crippen molar-refractivity contribution >= 4 is 29.0 Å². The normalized spacial score (nSPS) is 15.8. The maximum absolute atomic E-state index is 12.6. The fraction of sp³-hybridized carbons (Fsp3) is 0.211. The fourth-order valence-electron chi connectivity index (χ4n) is 2.71. The molecular formula is C19H18N2O4. The predicted molar refractivity (Wildman–Crippen MR) is 94.0 cm³/mol. The highest BCUT2D eigenvalue weighted by molar-refractivity contribution is 6.00. The summed E-state index contributed by atoms with van der Waals surface area (Å²) in [5.74, 6) is -0.128. The van der Waals surface area contributed by atoms with Gasteiger partial charge in [-0.05, 0) is 31.2 Å². The van der Waals surface area contributed by atoms with Crippen LogP contribution in [-0.4, -0.2) is 30.2 Å². The number of hydrogen-bond acceptors (Lipinski definition) is 4. The van der Waals surface area contributed by atoms with E-state index in [0.29, 0.717) is 22.7 Å². The Kier molecular flexibility index (Phi) is 4.52. The predicted octanol–water partition coefficient (Wildman–Crippen LogP) is 2.64. The number of amides is 2. The zero-order chi connectivity index (χ0) is 18.0.